The van der Waals surface area contributed by atoms with Crippen LogP contribution in [0.5, 0.6) is 0 Å². The Bertz CT molecular complexity index is 474. The van der Waals surface area contributed by atoms with E-state index in [9.17, 15) is 14.7 Å². The number of rotatable bonds is 7. The second-order valence-corrected chi connectivity index (χ2v) is 4.93. The van der Waals surface area contributed by atoms with E-state index in [1.807, 2.05) is 37.3 Å². The minimum Gasteiger partial charge on any atom is -0.480 e. The summed E-state index contributed by atoms with van der Waals surface area (Å²) < 4.78 is 5.34. The normalized spacial score (nSPS) is 22.1. The summed E-state index contributed by atoms with van der Waals surface area (Å²) >= 11 is 0. The molecule has 1 fully saturated rings. The van der Waals surface area contributed by atoms with Gasteiger partial charge in [0, 0.05) is 13.0 Å². The number of carbonyl (C=O) groups is 2. The summed E-state index contributed by atoms with van der Waals surface area (Å²) in [5, 5.41) is 11.8. The van der Waals surface area contributed by atoms with Gasteiger partial charge in [0.15, 0.2) is 0 Å². The number of benzene rings is 1. The van der Waals surface area contributed by atoms with Crippen molar-refractivity contribution in [1.29, 1.82) is 0 Å². The summed E-state index contributed by atoms with van der Waals surface area (Å²) in [6, 6.07) is 8.37. The number of carboxylic acid groups (broad SMARTS) is 1. The Hall–Kier alpha value is -1.88. The molecule has 2 rings (SSSR count). The Morgan fingerprint density at radius 1 is 1.40 bits per heavy atom. The largest absolute Gasteiger partial charge is 0.480 e. The minimum atomic E-state index is -1.02. The van der Waals surface area contributed by atoms with Crippen molar-refractivity contribution in [3.05, 3.63) is 35.9 Å². The zero-order valence-corrected chi connectivity index (χ0v) is 11.4. The van der Waals surface area contributed by atoms with E-state index in [1.54, 1.807) is 0 Å². The van der Waals surface area contributed by atoms with E-state index in [1.165, 1.54) is 0 Å². The van der Waals surface area contributed by atoms with Crippen LogP contribution in [0.3, 0.4) is 0 Å². The second kappa shape index (κ2) is 6.52. The Morgan fingerprint density at radius 3 is 2.70 bits per heavy atom. The molecule has 20 heavy (non-hydrogen) atoms. The van der Waals surface area contributed by atoms with Crippen LogP contribution in [0.15, 0.2) is 30.3 Å². The molecule has 5 nitrogen and oxygen atoms in total. The van der Waals surface area contributed by atoms with Gasteiger partial charge in [-0.25, -0.2) is 4.79 Å². The van der Waals surface area contributed by atoms with Crippen LogP contribution in [0.4, 0.5) is 0 Å². The summed E-state index contributed by atoms with van der Waals surface area (Å²) in [5.74, 6) is -1.45. The lowest BCUT2D eigenvalue weighted by molar-refractivity contribution is -0.142. The molecule has 1 aliphatic carbocycles. The number of hydrogen-bond donors (Lipinski definition) is 2. The third kappa shape index (κ3) is 3.81. The van der Waals surface area contributed by atoms with Gasteiger partial charge in [0.1, 0.15) is 6.04 Å². The highest BCUT2D eigenvalue weighted by Crippen LogP contribution is 2.33. The first-order valence-electron chi connectivity index (χ1n) is 6.80. The van der Waals surface area contributed by atoms with Gasteiger partial charge in [-0.3, -0.25) is 4.79 Å². The van der Waals surface area contributed by atoms with Crippen LogP contribution in [0.25, 0.3) is 0 Å². The Morgan fingerprint density at radius 2 is 2.10 bits per heavy atom. The molecule has 5 heteroatoms. The standard InChI is InChI=1S/C15H19NO4/c1-2-20-13-9-11(13)14(17)16-12(15(18)19)8-10-6-4-3-5-7-10/h3-7,11-13H,2,8-9H2,1H3,(H,16,17)(H,18,19)/t11-,12-,13-/m1/s1. The number of hydrogen-bond acceptors (Lipinski definition) is 3. The molecule has 0 bridgehead atoms. The van der Waals surface area contributed by atoms with Crippen LogP contribution < -0.4 is 5.32 Å². The van der Waals surface area contributed by atoms with Gasteiger partial charge in [-0.1, -0.05) is 30.3 Å². The maximum atomic E-state index is 11.9. The molecule has 0 aromatic heterocycles. The molecule has 0 heterocycles. The molecule has 1 aromatic rings. The molecule has 2 N–H and O–H groups in total. The van der Waals surface area contributed by atoms with E-state index < -0.39 is 12.0 Å². The second-order valence-electron chi connectivity index (χ2n) is 4.93. The van der Waals surface area contributed by atoms with Gasteiger partial charge in [0.05, 0.1) is 12.0 Å². The molecule has 1 saturated carbocycles. The molecule has 3 atom stereocenters. The van der Waals surface area contributed by atoms with Crippen LogP contribution in [0, 0.1) is 5.92 Å². The molecule has 0 saturated heterocycles. The zero-order chi connectivity index (χ0) is 14.5. The van der Waals surface area contributed by atoms with E-state index in [4.69, 9.17) is 4.74 Å². The molecule has 108 valence electrons. The van der Waals surface area contributed by atoms with E-state index >= 15 is 0 Å². The van der Waals surface area contributed by atoms with Crippen molar-refractivity contribution in [3.63, 3.8) is 0 Å². The number of aliphatic carboxylic acids is 1. The monoisotopic (exact) mass is 277 g/mol. The maximum absolute atomic E-state index is 11.9. The summed E-state index contributed by atoms with van der Waals surface area (Å²) in [6.45, 7) is 2.45. The number of ether oxygens (including phenoxy) is 1. The van der Waals surface area contributed by atoms with Crippen LogP contribution in [-0.2, 0) is 20.7 Å². The first kappa shape index (κ1) is 14.5. The van der Waals surface area contributed by atoms with Crippen LogP contribution in [-0.4, -0.2) is 35.7 Å². The highest BCUT2D eigenvalue weighted by Gasteiger charge is 2.44. The fourth-order valence-electron chi connectivity index (χ4n) is 2.17. The predicted octanol–water partition coefficient (Wildman–Crippen LogP) is 1.22. The topological polar surface area (TPSA) is 75.6 Å². The van der Waals surface area contributed by atoms with E-state index in [0.29, 0.717) is 13.0 Å². The molecule has 0 aliphatic heterocycles. The van der Waals surface area contributed by atoms with Crippen molar-refractivity contribution in [1.82, 2.24) is 5.32 Å². The van der Waals surface area contributed by atoms with Crippen molar-refractivity contribution in [3.8, 4) is 0 Å². The van der Waals surface area contributed by atoms with Gasteiger partial charge in [0.2, 0.25) is 5.91 Å². The van der Waals surface area contributed by atoms with Gasteiger partial charge in [0.25, 0.3) is 0 Å². The number of nitrogens with one attached hydrogen (secondary N) is 1. The fraction of sp³-hybridized carbons (Fsp3) is 0.467. The van der Waals surface area contributed by atoms with E-state index in [-0.39, 0.29) is 24.3 Å². The first-order chi connectivity index (χ1) is 9.61. The number of carbonyl (C=O) groups excluding carboxylic acids is 1. The number of amides is 1. The van der Waals surface area contributed by atoms with Gasteiger partial charge >= 0.3 is 5.97 Å². The van der Waals surface area contributed by atoms with E-state index in [0.717, 1.165) is 5.56 Å². The lowest BCUT2D eigenvalue weighted by atomic mass is 10.1. The van der Waals surface area contributed by atoms with Gasteiger partial charge in [-0.05, 0) is 18.9 Å². The average Bonchev–Trinajstić information content (AvgIpc) is 3.19. The Balaban J connectivity index is 1.90. The molecular weight excluding hydrogens is 258 g/mol. The maximum Gasteiger partial charge on any atom is 0.326 e. The van der Waals surface area contributed by atoms with Crippen molar-refractivity contribution < 1.29 is 19.4 Å². The highest BCUT2D eigenvalue weighted by molar-refractivity contribution is 5.87. The van der Waals surface area contributed by atoms with E-state index in [2.05, 4.69) is 5.32 Å². The summed E-state index contributed by atoms with van der Waals surface area (Å²) in [4.78, 5) is 23.2. The van der Waals surface area contributed by atoms with Crippen LogP contribution >= 0.6 is 0 Å². The smallest absolute Gasteiger partial charge is 0.326 e. The van der Waals surface area contributed by atoms with Crippen LogP contribution in [0.1, 0.15) is 18.9 Å². The molecule has 1 aromatic carbocycles. The molecular formula is C15H19NO4. The third-order valence-corrected chi connectivity index (χ3v) is 3.35. The molecule has 0 spiro atoms. The van der Waals surface area contributed by atoms with Crippen molar-refractivity contribution in [2.24, 2.45) is 5.92 Å². The lowest BCUT2D eigenvalue weighted by Gasteiger charge is -2.14. The summed E-state index contributed by atoms with van der Waals surface area (Å²) in [6.07, 6.45) is 0.914. The Labute approximate surface area is 117 Å². The molecule has 1 aliphatic rings. The minimum absolute atomic E-state index is 0.0498. The lowest BCUT2D eigenvalue weighted by Crippen LogP contribution is -2.43. The molecule has 0 radical (unpaired) electrons. The fourth-order valence-corrected chi connectivity index (χ4v) is 2.17. The SMILES string of the molecule is CCO[C@@H]1C[C@H]1C(=O)N[C@H](Cc1ccccc1)C(=O)O. The van der Waals surface area contributed by atoms with Crippen molar-refractivity contribution in [2.45, 2.75) is 31.9 Å². The Kier molecular flexibility index (Phi) is 4.74. The van der Waals surface area contributed by atoms with Crippen molar-refractivity contribution in [2.75, 3.05) is 6.61 Å². The third-order valence-electron chi connectivity index (χ3n) is 3.35. The summed E-state index contributed by atoms with van der Waals surface area (Å²) in [7, 11) is 0. The zero-order valence-electron chi connectivity index (χ0n) is 11.4. The first-order valence-corrected chi connectivity index (χ1v) is 6.80. The highest BCUT2D eigenvalue weighted by atomic mass is 16.5. The van der Waals surface area contributed by atoms with Gasteiger partial charge < -0.3 is 15.2 Å². The predicted molar refractivity (Wildman–Crippen MR) is 73.2 cm³/mol. The molecule has 1 amide bonds. The number of carboxylic acids is 1. The quantitative estimate of drug-likeness (QED) is 0.786. The average molecular weight is 277 g/mol. The summed E-state index contributed by atoms with van der Waals surface area (Å²) in [5.41, 5.74) is 0.886. The van der Waals surface area contributed by atoms with Crippen molar-refractivity contribution >= 4 is 11.9 Å². The molecule has 0 unspecified atom stereocenters. The van der Waals surface area contributed by atoms with Gasteiger partial charge in [-0.15, -0.1) is 0 Å². The van der Waals surface area contributed by atoms with Gasteiger partial charge in [-0.2, -0.15) is 0 Å². The van der Waals surface area contributed by atoms with Crippen LogP contribution in [0.2, 0.25) is 0 Å².